The summed E-state index contributed by atoms with van der Waals surface area (Å²) in [5.41, 5.74) is 4.22. The summed E-state index contributed by atoms with van der Waals surface area (Å²) < 4.78 is 8.00. The molecule has 0 spiro atoms. The van der Waals surface area contributed by atoms with Gasteiger partial charge < -0.3 is 19.0 Å². The quantitative estimate of drug-likeness (QED) is 0.568. The van der Waals surface area contributed by atoms with Crippen LogP contribution in [0, 0.1) is 6.92 Å². The van der Waals surface area contributed by atoms with Gasteiger partial charge >= 0.3 is 0 Å². The minimum Gasteiger partial charge on any atom is -0.454 e. The average Bonchev–Trinajstić information content (AvgIpc) is 3.10. The molecule has 0 unspecified atom stereocenters. The maximum absolute atomic E-state index is 12.9. The largest absolute Gasteiger partial charge is 0.454 e. The van der Waals surface area contributed by atoms with E-state index in [0.717, 1.165) is 30.0 Å². The summed E-state index contributed by atoms with van der Waals surface area (Å²) in [6.45, 7) is 8.23. The first-order valence-electron chi connectivity index (χ1n) is 10.0. The SMILES string of the molecule is Cc1ccn2cc(-c3cc(=O)c4cc(N5C[C@@H](C)N[C@@H](C)C5)ccc4o3)nc2c1. The smallest absolute Gasteiger partial charge is 0.193 e. The molecular formula is C23H24N4O2. The molecule has 0 saturated carbocycles. The number of rotatable bonds is 2. The van der Waals surface area contributed by atoms with E-state index in [2.05, 4.69) is 29.0 Å². The highest BCUT2D eigenvalue weighted by Crippen LogP contribution is 2.26. The zero-order chi connectivity index (χ0) is 20.1. The molecule has 1 saturated heterocycles. The summed E-state index contributed by atoms with van der Waals surface area (Å²) >= 11 is 0. The van der Waals surface area contributed by atoms with Crippen molar-refractivity contribution in [3.05, 3.63) is 64.6 Å². The van der Waals surface area contributed by atoms with E-state index in [0.29, 0.717) is 34.5 Å². The Morgan fingerprint density at radius 3 is 2.69 bits per heavy atom. The van der Waals surface area contributed by atoms with Crippen molar-refractivity contribution >= 4 is 22.3 Å². The Hall–Kier alpha value is -3.12. The molecule has 6 nitrogen and oxygen atoms in total. The molecule has 1 aliphatic heterocycles. The molecule has 5 rings (SSSR count). The number of nitrogens with zero attached hydrogens (tertiary/aromatic N) is 3. The van der Waals surface area contributed by atoms with E-state index in [1.54, 1.807) is 6.07 Å². The normalized spacial score (nSPS) is 19.9. The van der Waals surface area contributed by atoms with Gasteiger partial charge in [0.25, 0.3) is 0 Å². The van der Waals surface area contributed by atoms with Crippen LogP contribution in [-0.4, -0.2) is 34.6 Å². The van der Waals surface area contributed by atoms with Crippen LogP contribution >= 0.6 is 0 Å². The van der Waals surface area contributed by atoms with Crippen LogP contribution in [0.2, 0.25) is 0 Å². The maximum Gasteiger partial charge on any atom is 0.193 e. The van der Waals surface area contributed by atoms with E-state index in [-0.39, 0.29) is 5.43 Å². The van der Waals surface area contributed by atoms with Crippen LogP contribution in [-0.2, 0) is 0 Å². The first-order valence-corrected chi connectivity index (χ1v) is 10.0. The molecule has 0 radical (unpaired) electrons. The minimum atomic E-state index is -0.0485. The number of pyridine rings is 1. The van der Waals surface area contributed by atoms with Crippen molar-refractivity contribution in [2.24, 2.45) is 0 Å². The Bertz CT molecular complexity index is 1260. The Labute approximate surface area is 168 Å². The van der Waals surface area contributed by atoms with Gasteiger partial charge in [-0.1, -0.05) is 0 Å². The number of imidazole rings is 1. The zero-order valence-electron chi connectivity index (χ0n) is 16.8. The Morgan fingerprint density at radius 1 is 1.10 bits per heavy atom. The number of hydrogen-bond acceptors (Lipinski definition) is 5. The number of hydrogen-bond donors (Lipinski definition) is 1. The summed E-state index contributed by atoms with van der Waals surface area (Å²) in [4.78, 5) is 19.8. The van der Waals surface area contributed by atoms with Crippen molar-refractivity contribution in [2.45, 2.75) is 32.9 Å². The van der Waals surface area contributed by atoms with E-state index >= 15 is 0 Å². The van der Waals surface area contributed by atoms with E-state index < -0.39 is 0 Å². The summed E-state index contributed by atoms with van der Waals surface area (Å²) in [5.74, 6) is 0.487. The lowest BCUT2D eigenvalue weighted by Gasteiger charge is -2.37. The van der Waals surface area contributed by atoms with Gasteiger partial charge in [0.1, 0.15) is 16.9 Å². The van der Waals surface area contributed by atoms with Crippen LogP contribution in [0.15, 0.2) is 58.0 Å². The molecule has 4 aromatic rings. The van der Waals surface area contributed by atoms with Gasteiger partial charge in [-0.25, -0.2) is 4.98 Å². The second kappa shape index (κ2) is 6.74. The predicted octanol–water partition coefficient (Wildman–Crippen LogP) is 3.60. The fraction of sp³-hybridized carbons (Fsp3) is 0.304. The number of fused-ring (bicyclic) bond motifs is 2. The topological polar surface area (TPSA) is 62.8 Å². The summed E-state index contributed by atoms with van der Waals surface area (Å²) in [5, 5.41) is 4.14. The molecule has 3 aromatic heterocycles. The zero-order valence-corrected chi connectivity index (χ0v) is 16.8. The molecule has 1 N–H and O–H groups in total. The van der Waals surface area contributed by atoms with Crippen LogP contribution < -0.4 is 15.6 Å². The number of piperazine rings is 1. The van der Waals surface area contributed by atoms with E-state index in [1.165, 1.54) is 0 Å². The standard InChI is InChI=1S/C23H24N4O2/c1-14-6-7-26-13-19(25-23(26)8-14)22-10-20(28)18-9-17(4-5-21(18)29-22)27-11-15(2)24-16(3)12-27/h4-10,13,15-16,24H,11-12H2,1-3H3/t15-,16+. The van der Waals surface area contributed by atoms with Gasteiger partial charge in [0.05, 0.1) is 5.39 Å². The molecule has 1 fully saturated rings. The summed E-state index contributed by atoms with van der Waals surface area (Å²) in [6.07, 6.45) is 3.85. The molecular weight excluding hydrogens is 364 g/mol. The fourth-order valence-corrected chi connectivity index (χ4v) is 4.21. The van der Waals surface area contributed by atoms with Crippen molar-refractivity contribution in [3.63, 3.8) is 0 Å². The van der Waals surface area contributed by atoms with E-state index in [4.69, 9.17) is 4.42 Å². The molecule has 1 aromatic carbocycles. The van der Waals surface area contributed by atoms with Crippen molar-refractivity contribution in [1.29, 1.82) is 0 Å². The molecule has 0 amide bonds. The first kappa shape index (κ1) is 17.9. The second-order valence-electron chi connectivity index (χ2n) is 8.12. The molecule has 0 aliphatic carbocycles. The van der Waals surface area contributed by atoms with Gasteiger partial charge in [-0.05, 0) is 56.7 Å². The average molecular weight is 388 g/mol. The maximum atomic E-state index is 12.9. The third kappa shape index (κ3) is 3.29. The van der Waals surface area contributed by atoms with Crippen LogP contribution in [0.1, 0.15) is 19.4 Å². The van der Waals surface area contributed by atoms with Crippen LogP contribution in [0.3, 0.4) is 0 Å². The fourth-order valence-electron chi connectivity index (χ4n) is 4.21. The van der Waals surface area contributed by atoms with Crippen LogP contribution in [0.25, 0.3) is 28.1 Å². The third-order valence-electron chi connectivity index (χ3n) is 5.50. The predicted molar refractivity (Wildman–Crippen MR) is 116 cm³/mol. The number of nitrogens with one attached hydrogen (secondary N) is 1. The Balaban J connectivity index is 1.55. The molecule has 6 heteroatoms. The third-order valence-corrected chi connectivity index (χ3v) is 5.50. The van der Waals surface area contributed by atoms with Crippen molar-refractivity contribution in [2.75, 3.05) is 18.0 Å². The number of aromatic nitrogens is 2. The monoisotopic (exact) mass is 388 g/mol. The molecule has 4 heterocycles. The van der Waals surface area contributed by atoms with Crippen LogP contribution in [0.5, 0.6) is 0 Å². The number of benzene rings is 1. The first-order chi connectivity index (χ1) is 14.0. The molecule has 2 atom stereocenters. The van der Waals surface area contributed by atoms with Crippen molar-refractivity contribution < 1.29 is 4.42 Å². The number of anilines is 1. The van der Waals surface area contributed by atoms with E-state index in [1.807, 2.05) is 54.0 Å². The van der Waals surface area contributed by atoms with Gasteiger partial charge in [0.15, 0.2) is 11.2 Å². The Morgan fingerprint density at radius 2 is 1.90 bits per heavy atom. The molecule has 29 heavy (non-hydrogen) atoms. The van der Waals surface area contributed by atoms with Gasteiger partial charge in [-0.3, -0.25) is 4.79 Å². The van der Waals surface area contributed by atoms with Gasteiger partial charge in [0.2, 0.25) is 0 Å². The van der Waals surface area contributed by atoms with Crippen molar-refractivity contribution in [3.8, 4) is 11.5 Å². The lowest BCUT2D eigenvalue weighted by Crippen LogP contribution is -2.54. The number of aryl methyl sites for hydroxylation is 1. The Kier molecular flexibility index (Phi) is 4.17. The highest BCUT2D eigenvalue weighted by Gasteiger charge is 2.21. The lowest BCUT2D eigenvalue weighted by atomic mass is 10.1. The lowest BCUT2D eigenvalue weighted by molar-refractivity contribution is 0.407. The van der Waals surface area contributed by atoms with Crippen LogP contribution in [0.4, 0.5) is 5.69 Å². The van der Waals surface area contributed by atoms with Crippen molar-refractivity contribution in [1.82, 2.24) is 14.7 Å². The van der Waals surface area contributed by atoms with E-state index in [9.17, 15) is 4.79 Å². The highest BCUT2D eigenvalue weighted by atomic mass is 16.3. The van der Waals surface area contributed by atoms with Gasteiger partial charge in [-0.15, -0.1) is 0 Å². The highest BCUT2D eigenvalue weighted by molar-refractivity contribution is 5.82. The molecule has 1 aliphatic rings. The summed E-state index contributed by atoms with van der Waals surface area (Å²) in [7, 11) is 0. The van der Waals surface area contributed by atoms with Gasteiger partial charge in [-0.2, -0.15) is 0 Å². The summed E-state index contributed by atoms with van der Waals surface area (Å²) in [6, 6.07) is 12.3. The van der Waals surface area contributed by atoms with Gasteiger partial charge in [0, 0.05) is 49.3 Å². The second-order valence-corrected chi connectivity index (χ2v) is 8.12. The minimum absolute atomic E-state index is 0.0485. The molecule has 148 valence electrons. The molecule has 0 bridgehead atoms.